The van der Waals surface area contributed by atoms with Crippen LogP contribution in [0, 0.1) is 5.82 Å². The molecule has 0 radical (unpaired) electrons. The van der Waals surface area contributed by atoms with Crippen molar-refractivity contribution in [1.29, 1.82) is 0 Å². The van der Waals surface area contributed by atoms with Crippen LogP contribution in [-0.4, -0.2) is 22.2 Å². The van der Waals surface area contributed by atoms with Crippen molar-refractivity contribution in [2.45, 2.75) is 26.1 Å². The maximum atomic E-state index is 13.0. The number of Topliss-reactive ketones (excluding diaryl/α,β-unsaturated/α-hetero) is 1. The van der Waals surface area contributed by atoms with Gasteiger partial charge < -0.3 is 9.15 Å². The normalized spacial score (nSPS) is 11.1. The summed E-state index contributed by atoms with van der Waals surface area (Å²) >= 11 is 1.50. The van der Waals surface area contributed by atoms with Gasteiger partial charge in [0, 0.05) is 18.3 Å². The van der Waals surface area contributed by atoms with Gasteiger partial charge in [0.15, 0.2) is 5.78 Å². The SMILES string of the molecule is O=C(Cc1ccccc1)CN(Cc1csc(COc2ccc(F)cc2)n1)Cc1ccco1. The van der Waals surface area contributed by atoms with E-state index in [0.29, 0.717) is 38.4 Å². The van der Waals surface area contributed by atoms with Gasteiger partial charge in [0.05, 0.1) is 25.0 Å². The van der Waals surface area contributed by atoms with Crippen molar-refractivity contribution in [2.24, 2.45) is 0 Å². The number of ether oxygens (including phenoxy) is 1. The van der Waals surface area contributed by atoms with E-state index in [4.69, 9.17) is 9.15 Å². The zero-order valence-electron chi connectivity index (χ0n) is 17.4. The lowest BCUT2D eigenvalue weighted by molar-refractivity contribution is -0.119. The third-order valence-electron chi connectivity index (χ3n) is 4.76. The van der Waals surface area contributed by atoms with Crippen LogP contribution >= 0.6 is 11.3 Å². The lowest BCUT2D eigenvalue weighted by Crippen LogP contribution is -2.30. The van der Waals surface area contributed by atoms with E-state index in [1.807, 2.05) is 52.7 Å². The van der Waals surface area contributed by atoms with Crippen LogP contribution < -0.4 is 4.74 Å². The molecule has 0 aliphatic heterocycles. The number of thiazole rings is 1. The molecule has 32 heavy (non-hydrogen) atoms. The molecule has 0 unspecified atom stereocenters. The van der Waals surface area contributed by atoms with Crippen LogP contribution in [0.5, 0.6) is 5.75 Å². The molecule has 0 aliphatic carbocycles. The Kier molecular flexibility index (Phi) is 7.42. The highest BCUT2D eigenvalue weighted by Gasteiger charge is 2.16. The molecule has 7 heteroatoms. The summed E-state index contributed by atoms with van der Waals surface area (Å²) in [4.78, 5) is 19.4. The van der Waals surface area contributed by atoms with Gasteiger partial charge in [-0.25, -0.2) is 9.37 Å². The summed E-state index contributed by atoms with van der Waals surface area (Å²) < 4.78 is 24.2. The fourth-order valence-electron chi connectivity index (χ4n) is 3.31. The minimum Gasteiger partial charge on any atom is -0.486 e. The molecule has 2 heterocycles. The van der Waals surface area contributed by atoms with Gasteiger partial charge in [-0.15, -0.1) is 11.3 Å². The molecule has 164 valence electrons. The number of halogens is 1. The van der Waals surface area contributed by atoms with Crippen molar-refractivity contribution < 1.29 is 18.3 Å². The van der Waals surface area contributed by atoms with Gasteiger partial charge in [-0.05, 0) is 42.0 Å². The summed E-state index contributed by atoms with van der Waals surface area (Å²) in [7, 11) is 0. The van der Waals surface area contributed by atoms with Gasteiger partial charge in [-0.1, -0.05) is 30.3 Å². The first-order valence-corrected chi connectivity index (χ1v) is 11.1. The molecule has 2 aromatic carbocycles. The van der Waals surface area contributed by atoms with Crippen LogP contribution in [0.4, 0.5) is 4.39 Å². The van der Waals surface area contributed by atoms with Gasteiger partial charge in [-0.2, -0.15) is 0 Å². The van der Waals surface area contributed by atoms with Crippen LogP contribution in [-0.2, 0) is 30.9 Å². The summed E-state index contributed by atoms with van der Waals surface area (Å²) in [6.45, 7) is 1.65. The Morgan fingerprint density at radius 1 is 1.03 bits per heavy atom. The average molecular weight is 451 g/mol. The Morgan fingerprint density at radius 3 is 2.59 bits per heavy atom. The second-order valence-corrected chi connectivity index (χ2v) is 8.34. The molecular formula is C25H23FN2O3S. The number of carbonyl (C=O) groups is 1. The second-order valence-electron chi connectivity index (χ2n) is 7.40. The molecule has 2 aromatic heterocycles. The van der Waals surface area contributed by atoms with Crippen molar-refractivity contribution in [3.05, 3.63) is 106 Å². The number of aromatic nitrogens is 1. The molecule has 0 N–H and O–H groups in total. The highest BCUT2D eigenvalue weighted by molar-refractivity contribution is 7.09. The summed E-state index contributed by atoms with van der Waals surface area (Å²) in [6, 6.07) is 19.4. The Labute approximate surface area is 190 Å². The van der Waals surface area contributed by atoms with Gasteiger partial charge in [0.2, 0.25) is 0 Å². The highest BCUT2D eigenvalue weighted by Crippen LogP contribution is 2.18. The predicted octanol–water partition coefficient (Wildman–Crippen LogP) is 5.27. The van der Waals surface area contributed by atoms with Gasteiger partial charge in [0.1, 0.15) is 28.9 Å². The molecule has 0 bridgehead atoms. The number of furan rings is 1. The van der Waals surface area contributed by atoms with Crippen molar-refractivity contribution in [2.75, 3.05) is 6.54 Å². The Balaban J connectivity index is 1.37. The number of ketones is 1. The van der Waals surface area contributed by atoms with Crippen LogP contribution in [0.2, 0.25) is 0 Å². The molecule has 0 fully saturated rings. The molecule has 0 spiro atoms. The first kappa shape index (κ1) is 21.9. The van der Waals surface area contributed by atoms with E-state index in [9.17, 15) is 9.18 Å². The van der Waals surface area contributed by atoms with E-state index < -0.39 is 0 Å². The number of benzene rings is 2. The minimum absolute atomic E-state index is 0.137. The van der Waals surface area contributed by atoms with E-state index in [1.165, 1.54) is 23.5 Å². The maximum absolute atomic E-state index is 13.0. The minimum atomic E-state index is -0.299. The summed E-state index contributed by atoms with van der Waals surface area (Å²) in [5, 5.41) is 2.79. The Hall–Kier alpha value is -3.29. The first-order valence-electron chi connectivity index (χ1n) is 10.3. The first-order chi connectivity index (χ1) is 15.6. The molecule has 5 nitrogen and oxygen atoms in total. The molecule has 0 amide bonds. The summed E-state index contributed by atoms with van der Waals surface area (Å²) in [5.41, 5.74) is 1.87. The quantitative estimate of drug-likeness (QED) is 0.312. The fraction of sp³-hybridized carbons (Fsp3) is 0.200. The Bertz CT molecular complexity index is 1110. The molecule has 0 atom stereocenters. The topological polar surface area (TPSA) is 55.6 Å². The van der Waals surface area contributed by atoms with Crippen molar-refractivity contribution in [1.82, 2.24) is 9.88 Å². The number of hydrogen-bond acceptors (Lipinski definition) is 6. The fourth-order valence-corrected chi connectivity index (χ4v) is 4.01. The maximum Gasteiger partial charge on any atom is 0.151 e. The summed E-state index contributed by atoms with van der Waals surface area (Å²) in [6.07, 6.45) is 2.02. The third-order valence-corrected chi connectivity index (χ3v) is 5.64. The van der Waals surface area contributed by atoms with Gasteiger partial charge >= 0.3 is 0 Å². The number of hydrogen-bond donors (Lipinski definition) is 0. The summed E-state index contributed by atoms with van der Waals surface area (Å²) in [5.74, 6) is 1.23. The molecule has 4 rings (SSSR count). The average Bonchev–Trinajstić information content (AvgIpc) is 3.46. The molecule has 0 saturated heterocycles. The van der Waals surface area contributed by atoms with Crippen molar-refractivity contribution in [3.8, 4) is 5.75 Å². The molecular weight excluding hydrogens is 427 g/mol. The second kappa shape index (κ2) is 10.8. The van der Waals surface area contributed by atoms with Crippen molar-refractivity contribution in [3.63, 3.8) is 0 Å². The smallest absolute Gasteiger partial charge is 0.151 e. The zero-order valence-corrected chi connectivity index (χ0v) is 18.3. The van der Waals surface area contributed by atoms with Crippen LogP contribution in [0.3, 0.4) is 0 Å². The van der Waals surface area contributed by atoms with E-state index in [-0.39, 0.29) is 11.6 Å². The number of nitrogens with zero attached hydrogens (tertiary/aromatic N) is 2. The zero-order chi connectivity index (χ0) is 22.2. The van der Waals surface area contributed by atoms with E-state index in [2.05, 4.69) is 4.98 Å². The van der Waals surface area contributed by atoms with Crippen LogP contribution in [0.1, 0.15) is 22.0 Å². The third kappa shape index (κ3) is 6.60. The number of rotatable bonds is 11. The monoisotopic (exact) mass is 450 g/mol. The molecule has 4 aromatic rings. The standard InChI is InChI=1S/C25H23FN2O3S/c26-20-8-10-23(11-9-20)31-17-25-27-21(18-32-25)14-28(16-24-7-4-12-30-24)15-22(29)13-19-5-2-1-3-6-19/h1-12,18H,13-17H2. The Morgan fingerprint density at radius 2 is 1.84 bits per heavy atom. The van der Waals surface area contributed by atoms with Crippen LogP contribution in [0.25, 0.3) is 0 Å². The van der Waals surface area contributed by atoms with E-state index >= 15 is 0 Å². The van der Waals surface area contributed by atoms with E-state index in [1.54, 1.807) is 18.4 Å². The predicted molar refractivity (Wildman–Crippen MR) is 121 cm³/mol. The molecule has 0 saturated carbocycles. The van der Waals surface area contributed by atoms with Gasteiger partial charge in [0.25, 0.3) is 0 Å². The van der Waals surface area contributed by atoms with E-state index in [0.717, 1.165) is 22.0 Å². The largest absolute Gasteiger partial charge is 0.486 e. The van der Waals surface area contributed by atoms with Crippen LogP contribution in [0.15, 0.2) is 82.8 Å². The molecule has 0 aliphatic rings. The van der Waals surface area contributed by atoms with Crippen molar-refractivity contribution >= 4 is 17.1 Å². The lowest BCUT2D eigenvalue weighted by Gasteiger charge is -2.19. The number of carbonyl (C=O) groups excluding carboxylic acids is 1. The van der Waals surface area contributed by atoms with Gasteiger partial charge in [-0.3, -0.25) is 9.69 Å². The lowest BCUT2D eigenvalue weighted by atomic mass is 10.1. The highest BCUT2D eigenvalue weighted by atomic mass is 32.1.